The molecule has 0 aromatic heterocycles. The van der Waals surface area contributed by atoms with E-state index in [9.17, 15) is 5.11 Å². The van der Waals surface area contributed by atoms with Crippen LogP contribution in [0.5, 0.6) is 5.75 Å². The Kier molecular flexibility index (Phi) is 4.61. The topological polar surface area (TPSA) is 32.7 Å². The number of benzene rings is 1. The average molecular weight is 249 g/mol. The molecule has 0 amide bonds. The largest absolute Gasteiger partial charge is 0.493 e. The number of hydrogen-bond acceptors (Lipinski definition) is 3. The van der Waals surface area contributed by atoms with Gasteiger partial charge in [0.15, 0.2) is 0 Å². The van der Waals surface area contributed by atoms with Gasteiger partial charge >= 0.3 is 0 Å². The van der Waals surface area contributed by atoms with Gasteiger partial charge in [-0.2, -0.15) is 0 Å². The van der Waals surface area contributed by atoms with Crippen molar-refractivity contribution in [2.45, 2.75) is 31.8 Å². The molecule has 1 heterocycles. The van der Waals surface area contributed by atoms with Crippen LogP contribution in [0.15, 0.2) is 18.2 Å². The van der Waals surface area contributed by atoms with E-state index in [2.05, 4.69) is 23.1 Å². The molecular weight excluding hydrogens is 226 g/mol. The van der Waals surface area contributed by atoms with E-state index in [0.717, 1.165) is 44.6 Å². The third kappa shape index (κ3) is 3.72. The minimum absolute atomic E-state index is 0.197. The van der Waals surface area contributed by atoms with Crippen molar-refractivity contribution in [1.82, 2.24) is 4.90 Å². The number of nitrogens with zero attached hydrogens (tertiary/aromatic N) is 1. The van der Waals surface area contributed by atoms with Crippen LogP contribution >= 0.6 is 0 Å². The third-order valence-electron chi connectivity index (χ3n) is 3.43. The van der Waals surface area contributed by atoms with Crippen molar-refractivity contribution in [2.24, 2.45) is 0 Å². The Balaban J connectivity index is 1.79. The lowest BCUT2D eigenvalue weighted by molar-refractivity contribution is 0.143. The molecule has 2 rings (SSSR count). The number of ether oxygens (including phenoxy) is 1. The van der Waals surface area contributed by atoms with Crippen LogP contribution in [-0.4, -0.2) is 43.4 Å². The van der Waals surface area contributed by atoms with Gasteiger partial charge in [0.25, 0.3) is 0 Å². The molecule has 1 N–H and O–H groups in total. The minimum atomic E-state index is -0.197. The van der Waals surface area contributed by atoms with Gasteiger partial charge in [-0.3, -0.25) is 0 Å². The first kappa shape index (κ1) is 13.4. The minimum Gasteiger partial charge on any atom is -0.493 e. The van der Waals surface area contributed by atoms with Gasteiger partial charge in [-0.15, -0.1) is 0 Å². The second-order valence-corrected chi connectivity index (χ2v) is 5.32. The van der Waals surface area contributed by atoms with Gasteiger partial charge in [-0.05, 0) is 57.1 Å². The molecule has 3 heteroatoms. The molecule has 0 spiro atoms. The van der Waals surface area contributed by atoms with E-state index in [4.69, 9.17) is 4.74 Å². The fraction of sp³-hybridized carbons (Fsp3) is 0.600. The molecule has 1 aromatic carbocycles. The molecule has 1 aromatic rings. The monoisotopic (exact) mass is 249 g/mol. The van der Waals surface area contributed by atoms with Crippen LogP contribution in [0.1, 0.15) is 24.0 Å². The highest BCUT2D eigenvalue weighted by Crippen LogP contribution is 2.26. The van der Waals surface area contributed by atoms with Gasteiger partial charge in [0.05, 0.1) is 12.7 Å². The van der Waals surface area contributed by atoms with Crippen LogP contribution in [-0.2, 0) is 12.8 Å². The molecule has 1 unspecified atom stereocenters. The molecule has 0 aliphatic carbocycles. The standard InChI is InChI=1S/C15H23NO2/c1-16(2)9-7-14(17)5-3-12-4-6-15-13(11-12)8-10-18-15/h4,6,11,14,17H,3,5,7-10H2,1-2H3. The Morgan fingerprint density at radius 3 is 2.94 bits per heavy atom. The fourth-order valence-corrected chi connectivity index (χ4v) is 2.28. The number of rotatable bonds is 6. The van der Waals surface area contributed by atoms with Gasteiger partial charge in [-0.1, -0.05) is 12.1 Å². The highest BCUT2D eigenvalue weighted by Gasteiger charge is 2.12. The van der Waals surface area contributed by atoms with Crippen molar-refractivity contribution in [3.8, 4) is 5.75 Å². The predicted molar refractivity (Wildman–Crippen MR) is 73.1 cm³/mol. The molecule has 18 heavy (non-hydrogen) atoms. The van der Waals surface area contributed by atoms with Crippen molar-refractivity contribution in [1.29, 1.82) is 0 Å². The van der Waals surface area contributed by atoms with Crippen molar-refractivity contribution in [2.75, 3.05) is 27.2 Å². The number of aryl methyl sites for hydroxylation is 1. The van der Waals surface area contributed by atoms with Gasteiger partial charge in [0.1, 0.15) is 5.75 Å². The van der Waals surface area contributed by atoms with E-state index in [0.29, 0.717) is 0 Å². The van der Waals surface area contributed by atoms with Gasteiger partial charge in [0.2, 0.25) is 0 Å². The van der Waals surface area contributed by atoms with Crippen molar-refractivity contribution < 1.29 is 9.84 Å². The zero-order chi connectivity index (χ0) is 13.0. The van der Waals surface area contributed by atoms with E-state index >= 15 is 0 Å². The van der Waals surface area contributed by atoms with E-state index in [-0.39, 0.29) is 6.10 Å². The van der Waals surface area contributed by atoms with Crippen LogP contribution in [0.3, 0.4) is 0 Å². The Morgan fingerprint density at radius 1 is 1.33 bits per heavy atom. The van der Waals surface area contributed by atoms with E-state index in [1.807, 2.05) is 14.1 Å². The van der Waals surface area contributed by atoms with Gasteiger partial charge in [-0.25, -0.2) is 0 Å². The molecule has 0 saturated heterocycles. The number of aliphatic hydroxyl groups excluding tert-OH is 1. The SMILES string of the molecule is CN(C)CCC(O)CCc1ccc2c(c1)CCO2. The number of aliphatic hydroxyl groups is 1. The van der Waals surface area contributed by atoms with Crippen LogP contribution in [0.25, 0.3) is 0 Å². The summed E-state index contributed by atoms with van der Waals surface area (Å²) in [6.45, 7) is 1.75. The molecule has 1 aliphatic rings. The zero-order valence-corrected chi connectivity index (χ0v) is 11.4. The number of fused-ring (bicyclic) bond motifs is 1. The first-order valence-electron chi connectivity index (χ1n) is 6.72. The van der Waals surface area contributed by atoms with E-state index in [1.165, 1.54) is 11.1 Å². The van der Waals surface area contributed by atoms with Crippen LogP contribution in [0.4, 0.5) is 0 Å². The van der Waals surface area contributed by atoms with Crippen LogP contribution in [0.2, 0.25) is 0 Å². The normalized spacial score (nSPS) is 15.6. The van der Waals surface area contributed by atoms with E-state index < -0.39 is 0 Å². The molecule has 0 radical (unpaired) electrons. The van der Waals surface area contributed by atoms with Crippen LogP contribution in [0, 0.1) is 0 Å². The highest BCUT2D eigenvalue weighted by molar-refractivity contribution is 5.39. The lowest BCUT2D eigenvalue weighted by atomic mass is 10.0. The second-order valence-electron chi connectivity index (χ2n) is 5.32. The third-order valence-corrected chi connectivity index (χ3v) is 3.43. The average Bonchev–Trinajstić information content (AvgIpc) is 2.81. The molecule has 3 nitrogen and oxygen atoms in total. The maximum absolute atomic E-state index is 9.90. The first-order valence-corrected chi connectivity index (χ1v) is 6.72. The lowest BCUT2D eigenvalue weighted by Gasteiger charge is -2.14. The highest BCUT2D eigenvalue weighted by atomic mass is 16.5. The lowest BCUT2D eigenvalue weighted by Crippen LogP contribution is -2.19. The molecule has 1 atom stereocenters. The fourth-order valence-electron chi connectivity index (χ4n) is 2.28. The maximum Gasteiger partial charge on any atom is 0.122 e. The molecule has 0 bridgehead atoms. The van der Waals surface area contributed by atoms with Gasteiger partial charge in [0, 0.05) is 6.42 Å². The summed E-state index contributed by atoms with van der Waals surface area (Å²) in [6, 6.07) is 6.40. The summed E-state index contributed by atoms with van der Waals surface area (Å²) >= 11 is 0. The quantitative estimate of drug-likeness (QED) is 0.835. The molecule has 100 valence electrons. The Bertz CT molecular complexity index is 390. The Labute approximate surface area is 109 Å². The second kappa shape index (κ2) is 6.21. The van der Waals surface area contributed by atoms with Crippen molar-refractivity contribution in [3.63, 3.8) is 0 Å². The summed E-state index contributed by atoms with van der Waals surface area (Å²) in [6.07, 6.45) is 3.46. The van der Waals surface area contributed by atoms with Crippen molar-refractivity contribution in [3.05, 3.63) is 29.3 Å². The van der Waals surface area contributed by atoms with Crippen molar-refractivity contribution >= 4 is 0 Å². The molecule has 0 saturated carbocycles. The zero-order valence-electron chi connectivity index (χ0n) is 11.4. The summed E-state index contributed by atoms with van der Waals surface area (Å²) in [5.74, 6) is 1.03. The summed E-state index contributed by atoms with van der Waals surface area (Å²) in [4.78, 5) is 2.11. The first-order chi connectivity index (χ1) is 8.65. The van der Waals surface area contributed by atoms with Gasteiger partial charge < -0.3 is 14.7 Å². The summed E-state index contributed by atoms with van der Waals surface area (Å²) in [5, 5.41) is 9.90. The summed E-state index contributed by atoms with van der Waals surface area (Å²) in [5.41, 5.74) is 2.62. The molecule has 1 aliphatic heterocycles. The Hall–Kier alpha value is -1.06. The summed E-state index contributed by atoms with van der Waals surface area (Å²) < 4.78 is 5.49. The van der Waals surface area contributed by atoms with E-state index in [1.54, 1.807) is 0 Å². The molecule has 0 fully saturated rings. The smallest absolute Gasteiger partial charge is 0.122 e. The van der Waals surface area contributed by atoms with Crippen LogP contribution < -0.4 is 4.74 Å². The predicted octanol–water partition coefficient (Wildman–Crippen LogP) is 1.87. The molecular formula is C15H23NO2. The maximum atomic E-state index is 9.90. The summed E-state index contributed by atoms with van der Waals surface area (Å²) in [7, 11) is 4.07. The Morgan fingerprint density at radius 2 is 2.17 bits per heavy atom. The number of hydrogen-bond donors (Lipinski definition) is 1.